The zero-order chi connectivity index (χ0) is 10.2. The zero-order valence-corrected chi connectivity index (χ0v) is 7.55. The molecular formula is C12H9NO. The van der Waals surface area contributed by atoms with Gasteiger partial charge < -0.3 is 0 Å². The van der Waals surface area contributed by atoms with Gasteiger partial charge in [0.25, 0.3) is 0 Å². The molecule has 0 spiro atoms. The lowest BCUT2D eigenvalue weighted by Crippen LogP contribution is -1.74. The first-order chi connectivity index (χ1) is 6.86. The maximum absolute atomic E-state index is 10.1. The second-order valence-electron chi connectivity index (χ2n) is 2.62. The monoisotopic (exact) mass is 183 g/mol. The van der Waals surface area contributed by atoms with Gasteiger partial charge in [0.15, 0.2) is 0 Å². The van der Waals surface area contributed by atoms with Crippen LogP contribution in [0.15, 0.2) is 36.4 Å². The minimum Gasteiger partial charge on any atom is -0.299 e. The molecule has 0 atom stereocenters. The molecule has 14 heavy (non-hydrogen) atoms. The van der Waals surface area contributed by atoms with E-state index < -0.39 is 0 Å². The molecule has 68 valence electrons. The van der Waals surface area contributed by atoms with Gasteiger partial charge in [0.1, 0.15) is 6.29 Å². The fourth-order valence-electron chi connectivity index (χ4n) is 1.00. The minimum atomic E-state index is 0.740. The van der Waals surface area contributed by atoms with Crippen molar-refractivity contribution in [1.82, 2.24) is 0 Å². The minimum absolute atomic E-state index is 0.740. The van der Waals surface area contributed by atoms with Crippen molar-refractivity contribution in [2.45, 2.75) is 0 Å². The van der Waals surface area contributed by atoms with Crippen LogP contribution in [0.25, 0.3) is 12.2 Å². The largest absolute Gasteiger partial charge is 0.299 e. The first-order valence-electron chi connectivity index (χ1n) is 4.15. The average molecular weight is 183 g/mol. The van der Waals surface area contributed by atoms with Crippen molar-refractivity contribution in [3.63, 3.8) is 0 Å². The quantitative estimate of drug-likeness (QED) is 0.410. The Kier molecular flexibility index (Phi) is 3.90. The SMILES string of the molecule is N#CC=Cc1ccc(/C=C/C=O)cc1. The molecule has 1 aromatic carbocycles. The second-order valence-corrected chi connectivity index (χ2v) is 2.62. The van der Waals surface area contributed by atoms with Crippen LogP contribution in [0.4, 0.5) is 0 Å². The number of carbonyl (C=O) groups excluding carboxylic acids is 1. The summed E-state index contributed by atoms with van der Waals surface area (Å²) < 4.78 is 0. The molecule has 0 saturated carbocycles. The number of allylic oxidation sites excluding steroid dienone is 2. The van der Waals surface area contributed by atoms with Crippen LogP contribution < -0.4 is 0 Å². The van der Waals surface area contributed by atoms with Crippen molar-refractivity contribution in [1.29, 1.82) is 5.26 Å². The number of hydrogen-bond donors (Lipinski definition) is 0. The molecule has 2 nitrogen and oxygen atoms in total. The van der Waals surface area contributed by atoms with E-state index in [1.807, 2.05) is 30.3 Å². The molecule has 2 heteroatoms. The number of nitrogens with zero attached hydrogens (tertiary/aromatic N) is 1. The Labute approximate surface area is 82.8 Å². The highest BCUT2D eigenvalue weighted by molar-refractivity contribution is 5.74. The molecule has 0 bridgehead atoms. The van der Waals surface area contributed by atoms with Crippen molar-refractivity contribution < 1.29 is 4.79 Å². The highest BCUT2D eigenvalue weighted by atomic mass is 16.1. The van der Waals surface area contributed by atoms with Crippen molar-refractivity contribution in [2.75, 3.05) is 0 Å². The van der Waals surface area contributed by atoms with Gasteiger partial charge in [0.2, 0.25) is 0 Å². The Morgan fingerprint density at radius 1 is 1.07 bits per heavy atom. The molecule has 1 rings (SSSR count). The van der Waals surface area contributed by atoms with E-state index in [9.17, 15) is 4.79 Å². The van der Waals surface area contributed by atoms with Crippen molar-refractivity contribution >= 4 is 18.4 Å². The first kappa shape index (κ1) is 9.94. The molecule has 0 radical (unpaired) electrons. The highest BCUT2D eigenvalue weighted by Gasteiger charge is 1.87. The van der Waals surface area contributed by atoms with Gasteiger partial charge in [-0.15, -0.1) is 0 Å². The Hall–Kier alpha value is -2.14. The summed E-state index contributed by atoms with van der Waals surface area (Å²) in [6.07, 6.45) is 7.07. The van der Waals surface area contributed by atoms with Gasteiger partial charge in [-0.3, -0.25) is 4.79 Å². The van der Waals surface area contributed by atoms with Gasteiger partial charge in [0.05, 0.1) is 6.07 Å². The number of carbonyl (C=O) groups is 1. The summed E-state index contributed by atoms with van der Waals surface area (Å²) in [6, 6.07) is 9.47. The van der Waals surface area contributed by atoms with E-state index in [0.717, 1.165) is 17.4 Å². The summed E-state index contributed by atoms with van der Waals surface area (Å²) in [7, 11) is 0. The smallest absolute Gasteiger partial charge is 0.142 e. The normalized spacial score (nSPS) is 10.5. The number of nitriles is 1. The Balaban J connectivity index is 2.79. The lowest BCUT2D eigenvalue weighted by Gasteiger charge is -1.93. The third-order valence-electron chi connectivity index (χ3n) is 1.65. The summed E-state index contributed by atoms with van der Waals surface area (Å²) in [6.45, 7) is 0. The molecule has 0 aliphatic rings. The molecule has 0 aliphatic carbocycles. The van der Waals surface area contributed by atoms with Crippen LogP contribution in [0, 0.1) is 11.3 Å². The molecule has 0 aliphatic heterocycles. The predicted molar refractivity (Wildman–Crippen MR) is 56.2 cm³/mol. The van der Waals surface area contributed by atoms with Gasteiger partial charge in [0, 0.05) is 6.08 Å². The number of aldehydes is 1. The molecule has 0 fully saturated rings. The number of rotatable bonds is 3. The van der Waals surface area contributed by atoms with Crippen LogP contribution in [-0.2, 0) is 4.79 Å². The van der Waals surface area contributed by atoms with Gasteiger partial charge in [-0.05, 0) is 23.3 Å². The molecule has 0 heterocycles. The van der Waals surface area contributed by atoms with Crippen LogP contribution in [-0.4, -0.2) is 6.29 Å². The van der Waals surface area contributed by atoms with Crippen LogP contribution in [0.1, 0.15) is 11.1 Å². The molecule has 1 aromatic rings. The fourth-order valence-corrected chi connectivity index (χ4v) is 1.00. The van der Waals surface area contributed by atoms with E-state index in [1.165, 1.54) is 12.2 Å². The first-order valence-corrected chi connectivity index (χ1v) is 4.15. The Bertz CT molecular complexity index is 393. The third-order valence-corrected chi connectivity index (χ3v) is 1.65. The van der Waals surface area contributed by atoms with Gasteiger partial charge in [-0.25, -0.2) is 0 Å². The molecule has 0 aromatic heterocycles. The van der Waals surface area contributed by atoms with Crippen LogP contribution in [0.3, 0.4) is 0 Å². The van der Waals surface area contributed by atoms with Crippen molar-refractivity contribution in [3.05, 3.63) is 47.5 Å². The summed E-state index contributed by atoms with van der Waals surface area (Å²) in [5.74, 6) is 0. The third kappa shape index (κ3) is 3.08. The average Bonchev–Trinajstić information content (AvgIpc) is 2.25. The van der Waals surface area contributed by atoms with E-state index in [2.05, 4.69) is 0 Å². The Morgan fingerprint density at radius 2 is 1.64 bits per heavy atom. The maximum atomic E-state index is 10.1. The highest BCUT2D eigenvalue weighted by Crippen LogP contribution is 2.07. The van der Waals surface area contributed by atoms with Gasteiger partial charge >= 0.3 is 0 Å². The van der Waals surface area contributed by atoms with Crippen LogP contribution in [0.2, 0.25) is 0 Å². The van der Waals surface area contributed by atoms with Crippen molar-refractivity contribution in [3.8, 4) is 6.07 Å². The maximum Gasteiger partial charge on any atom is 0.142 e. The summed E-state index contributed by atoms with van der Waals surface area (Å²) in [5.41, 5.74) is 1.93. The fraction of sp³-hybridized carbons (Fsp3) is 0. The molecule has 0 amide bonds. The predicted octanol–water partition coefficient (Wildman–Crippen LogP) is 2.44. The molecule has 0 unspecified atom stereocenters. The summed E-state index contributed by atoms with van der Waals surface area (Å²) in [5, 5.41) is 8.31. The van der Waals surface area contributed by atoms with Gasteiger partial charge in [-0.2, -0.15) is 5.26 Å². The lowest BCUT2D eigenvalue weighted by molar-refractivity contribution is -0.104. The summed E-state index contributed by atoms with van der Waals surface area (Å²) in [4.78, 5) is 10.1. The van der Waals surface area contributed by atoms with Crippen molar-refractivity contribution in [2.24, 2.45) is 0 Å². The van der Waals surface area contributed by atoms with Crippen LogP contribution >= 0.6 is 0 Å². The van der Waals surface area contributed by atoms with E-state index in [4.69, 9.17) is 5.26 Å². The van der Waals surface area contributed by atoms with E-state index in [-0.39, 0.29) is 0 Å². The van der Waals surface area contributed by atoms with Crippen LogP contribution in [0.5, 0.6) is 0 Å². The second kappa shape index (κ2) is 5.50. The van der Waals surface area contributed by atoms with E-state index >= 15 is 0 Å². The number of benzene rings is 1. The lowest BCUT2D eigenvalue weighted by atomic mass is 10.1. The molecular weight excluding hydrogens is 174 g/mol. The molecule has 0 saturated heterocycles. The van der Waals surface area contributed by atoms with Gasteiger partial charge in [-0.1, -0.05) is 30.3 Å². The topological polar surface area (TPSA) is 40.9 Å². The number of hydrogen-bond acceptors (Lipinski definition) is 2. The van der Waals surface area contributed by atoms with E-state index in [1.54, 1.807) is 12.2 Å². The Morgan fingerprint density at radius 3 is 2.14 bits per heavy atom. The summed E-state index contributed by atoms with van der Waals surface area (Å²) >= 11 is 0. The molecule has 0 N–H and O–H groups in total. The zero-order valence-electron chi connectivity index (χ0n) is 7.55. The van der Waals surface area contributed by atoms with E-state index in [0.29, 0.717) is 0 Å². The standard InChI is InChI=1S/C12H9NO/c13-9-1-3-11-5-7-12(8-6-11)4-2-10-14/h1-8,10H/b3-1?,4-2+.